The van der Waals surface area contributed by atoms with Crippen LogP contribution in [-0.2, 0) is 53.8 Å². The Morgan fingerprint density at radius 1 is 0.275 bits per heavy atom. The topological polar surface area (TPSA) is 140 Å². The van der Waals surface area contributed by atoms with Gasteiger partial charge in [-0.3, -0.25) is 0 Å². The van der Waals surface area contributed by atoms with Gasteiger partial charge in [0.15, 0.2) is 0 Å². The minimum atomic E-state index is -0.850. The molecule has 0 radical (unpaired) electrons. The molecule has 0 fully saturated rings. The zero-order valence-corrected chi connectivity index (χ0v) is 101. The van der Waals surface area contributed by atoms with Gasteiger partial charge in [-0.25, -0.2) is 4.39 Å². The fraction of sp³-hybridized carbons (Fsp3) is 0.211. The molecule has 768 valence electrons. The van der Waals surface area contributed by atoms with Gasteiger partial charge < -0.3 is 30.3 Å². The minimum absolute atomic E-state index is 0.136. The Hall–Kier alpha value is -12.4. The van der Waals surface area contributed by atoms with Crippen LogP contribution in [0.15, 0.2) is 367 Å². The first-order chi connectivity index (χ1) is 70.8. The Kier molecular flexibility index (Phi) is 45.3. The summed E-state index contributed by atoms with van der Waals surface area (Å²) < 4.78 is 36.6. The van der Waals surface area contributed by atoms with Crippen LogP contribution in [0.5, 0.6) is 17.2 Å². The van der Waals surface area contributed by atoms with Crippen LogP contribution in [0, 0.1) is 133 Å². The maximum atomic E-state index is 14.6. The average molecular weight is 2420 g/mol. The van der Waals surface area contributed by atoms with E-state index in [1.54, 1.807) is 0 Å². The Morgan fingerprint density at radius 3 is 0.805 bits per heavy atom. The number of nitrogens with zero attached hydrogens (tertiary/aromatic N) is 6. The van der Waals surface area contributed by atoms with Crippen LogP contribution in [0.2, 0.25) is 10.0 Å². The molecule has 16 heteroatoms. The predicted octanol–water partition coefficient (Wildman–Crippen LogP) is 38.6. The molecule has 0 aliphatic heterocycles. The molecule has 3 heterocycles. The average Bonchev–Trinajstić information content (AvgIpc) is 1.02. The summed E-state index contributed by atoms with van der Waals surface area (Å²) in [5.74, 6) is 0.392. The number of phenolic OH excluding ortho intramolecular Hbond substituents is 3. The number of rotatable bonds is 12. The Balaban J connectivity index is 0.000000179. The summed E-state index contributed by atoms with van der Waals surface area (Å²) in [6, 6.07) is 116. The summed E-state index contributed by atoms with van der Waals surface area (Å²) in [6.45, 7) is 52.5. The number of hydrogen-bond acceptors (Lipinski definition) is 6. The number of aromatic hydroxyl groups is 3. The van der Waals surface area contributed by atoms with Crippen molar-refractivity contribution in [2.24, 2.45) is 26.7 Å². The fourth-order valence-corrected chi connectivity index (χ4v) is 24.4. The van der Waals surface area contributed by atoms with Crippen molar-refractivity contribution in [2.45, 2.75) is 173 Å². The zero-order chi connectivity index (χ0) is 108. The molecular weight excluding hydrogens is 2280 g/mol. The number of halogens is 4. The van der Waals surface area contributed by atoms with Crippen LogP contribution in [0.1, 0.15) is 152 Å². The molecule has 0 spiro atoms. The molecule has 0 aliphatic rings. The van der Waals surface area contributed by atoms with Gasteiger partial charge in [0.05, 0.1) is 0 Å². The second kappa shape index (κ2) is 57.0. The molecule has 0 saturated carbocycles. The van der Waals surface area contributed by atoms with E-state index in [1.807, 2.05) is 314 Å². The van der Waals surface area contributed by atoms with E-state index in [1.165, 1.54) is 45.8 Å². The number of benzene rings is 15. The van der Waals surface area contributed by atoms with Crippen molar-refractivity contribution in [3.63, 3.8) is 0 Å². The molecule has 0 amide bonds. The maximum absolute atomic E-state index is 14.6. The molecule has 0 unspecified atom stereocenters. The van der Waals surface area contributed by atoms with Crippen LogP contribution in [0.3, 0.4) is 0 Å². The van der Waals surface area contributed by atoms with Crippen LogP contribution in [0.25, 0.3) is 100 Å². The molecule has 9 nitrogen and oxygen atoms in total. The summed E-state index contributed by atoms with van der Waals surface area (Å²) in [7, 11) is 0. The molecule has 3 aromatic heterocycles. The summed E-state index contributed by atoms with van der Waals surface area (Å²) >= 11 is 14.4. The molecule has 149 heavy (non-hydrogen) atoms. The van der Waals surface area contributed by atoms with Gasteiger partial charge >= 0.3 is 311 Å². The molecule has 0 bridgehead atoms. The van der Waals surface area contributed by atoms with E-state index < -0.39 is 17.9 Å². The number of hydrogen-bond donors (Lipinski definition) is 3. The van der Waals surface area contributed by atoms with E-state index in [4.69, 9.17) is 30.2 Å². The minimum Gasteiger partial charge on any atom is -0.507 e. The molecule has 0 atom stereocenters. The molecular formula is C133H139BrCl2FMo2N6O3W-3. The second-order valence-electron chi connectivity index (χ2n) is 40.3. The summed E-state index contributed by atoms with van der Waals surface area (Å²) in [4.78, 5) is 12.3. The van der Waals surface area contributed by atoms with Gasteiger partial charge in [0.1, 0.15) is 23.1 Å². The van der Waals surface area contributed by atoms with Crippen molar-refractivity contribution in [2.75, 3.05) is 0 Å². The zero-order valence-electron chi connectivity index (χ0n) is 90.5. The maximum Gasteiger partial charge on any atom is 0.132 e. The van der Waals surface area contributed by atoms with Crippen molar-refractivity contribution in [3.05, 3.63) is 462 Å². The molecule has 3 N–H and O–H groups in total. The van der Waals surface area contributed by atoms with Crippen molar-refractivity contribution in [1.82, 2.24) is 15.0 Å². The van der Waals surface area contributed by atoms with Crippen molar-refractivity contribution in [1.29, 1.82) is 0 Å². The van der Waals surface area contributed by atoms with Crippen LogP contribution >= 0.6 is 39.1 Å². The monoisotopic (exact) mass is 2420 g/mol. The van der Waals surface area contributed by atoms with E-state index in [-0.39, 0.29) is 58.6 Å². The van der Waals surface area contributed by atoms with Crippen LogP contribution < -0.4 is 15.0 Å². The first kappa shape index (κ1) is 118. The number of phenols is 3. The fourth-order valence-electron chi connectivity index (χ4n) is 16.5. The quantitative estimate of drug-likeness (QED) is 0.104. The van der Waals surface area contributed by atoms with E-state index >= 15 is 0 Å². The van der Waals surface area contributed by atoms with Gasteiger partial charge in [0.2, 0.25) is 0 Å². The van der Waals surface area contributed by atoms with Gasteiger partial charge in [0, 0.05) is 49.0 Å². The molecule has 0 saturated heterocycles. The molecule has 0 aliphatic carbocycles. The van der Waals surface area contributed by atoms with Crippen LogP contribution in [-0.4, -0.2) is 28.5 Å². The molecule has 15 aromatic carbocycles. The third kappa shape index (κ3) is 36.5. The normalized spacial score (nSPS) is 10.7. The smallest absolute Gasteiger partial charge is 0.132 e. The molecule has 18 rings (SSSR count). The van der Waals surface area contributed by atoms with E-state index in [2.05, 4.69) is 247 Å². The second-order valence-corrected chi connectivity index (χ2v) is 47.3. The largest absolute Gasteiger partial charge is 0.507 e. The first-order valence-corrected chi connectivity index (χ1v) is 58.4. The Morgan fingerprint density at radius 2 is 0.537 bits per heavy atom. The molecule has 18 aromatic rings. The van der Waals surface area contributed by atoms with Gasteiger partial charge in [-0.15, -0.1) is 0 Å². The van der Waals surface area contributed by atoms with Crippen molar-refractivity contribution >= 4 is 69.4 Å². The van der Waals surface area contributed by atoms with Crippen molar-refractivity contribution < 1.29 is 73.5 Å². The summed E-state index contributed by atoms with van der Waals surface area (Å²) in [5, 5.41) is 35.2. The van der Waals surface area contributed by atoms with Gasteiger partial charge in [-0.1, -0.05) is 326 Å². The predicted molar refractivity (Wildman–Crippen MR) is 628 cm³/mol. The Bertz CT molecular complexity index is 6910. The summed E-state index contributed by atoms with van der Waals surface area (Å²) in [6.07, 6.45) is 0. The summed E-state index contributed by atoms with van der Waals surface area (Å²) in [5.41, 5.74) is 38.8. The number of aryl methyl sites for hydroxylation is 16. The van der Waals surface area contributed by atoms with E-state index in [9.17, 15) is 19.7 Å². The van der Waals surface area contributed by atoms with Gasteiger partial charge in [0.25, 0.3) is 0 Å². The van der Waals surface area contributed by atoms with Gasteiger partial charge in [-0.05, 0) is 160 Å². The third-order valence-corrected chi connectivity index (χ3v) is 34.0. The van der Waals surface area contributed by atoms with Crippen LogP contribution in [0.4, 0.5) is 21.5 Å². The first-order valence-electron chi connectivity index (χ1n) is 49.8. The van der Waals surface area contributed by atoms with E-state index in [0.29, 0.717) is 37.8 Å². The third-order valence-electron chi connectivity index (χ3n) is 23.2. The standard InChI is InChI=1S/C30H21BrO.C24H25FO.C24H18O.2C8H9N.C6H3Cl2N.3C6H8N.3C5H10.2Mo.W/c31-29-25(21-13-5-1-6-14-21)27(23-17-9-3-10-18-23)30(32)28(24-19-11-4-12-20-24)26(29)22-15-7-2-8-16-22;1-13-7-15(3)22(16(4)8-13)20-11-19(25)12-21(24(20)26)23-17(5)9-14(2)10-18(23)6;25-24-22(19-12-6-2-7-13-19)16-21(18-10-4-1-5-11-18)17-23(24)20-14-8-3-9-15-20;2*1-6-4-3-5-7(2)8(6)9;7-4-2-1-3-5(8)6(4)9;3*1-5-3-4-6(2)7-5;3*1-5(2,3)4;;;/h1-20,32H;7-12,26H,1-6H3;1-17,25H;2*3-5H,1-2H3;1-3H;3*3-4H,1-2H3;3*1H,2-4H3;;;/q;;;;;;3*-1;;;;;;. The van der Waals surface area contributed by atoms with Gasteiger partial charge in [-0.2, -0.15) is 34.2 Å². The van der Waals surface area contributed by atoms with Crippen molar-refractivity contribution in [3.8, 4) is 117 Å². The SMILES string of the molecule is CC(C)(C)[CH]=[W]=[N]c1c(Cl)cccc1Cl.Cc1cc(C)c(-c2cc(F)cc(-c3c(C)cc(C)cc3C)c2O)c(C)c1.Cc1ccc(C)[n-]1.Cc1ccc(C)[n-]1.Cc1ccc(C)[n-]1.Cc1cccc(C)c1[N]=[Mo]=[CH]C(C)(C)C.Cc1cccc(C)c1[N]=[Mo]=[CH]C(C)(C)C.Oc1c(-c2ccccc2)c(-c2ccccc2)c(Br)c(-c2ccccc2)c1-c1ccccc1.Oc1c(-c2ccccc2)cc(-c2ccccc2)cc1-c1ccccc1. The Labute approximate surface area is 928 Å². The van der Waals surface area contributed by atoms with E-state index in [0.717, 1.165) is 167 Å². The number of aromatic nitrogens is 3.